The molecule has 7 heteroatoms. The van der Waals surface area contributed by atoms with Gasteiger partial charge >= 0.3 is 0 Å². The van der Waals surface area contributed by atoms with Gasteiger partial charge in [0.15, 0.2) is 5.78 Å². The quantitative estimate of drug-likeness (QED) is 0.756. The van der Waals surface area contributed by atoms with E-state index in [-0.39, 0.29) is 23.7 Å². The number of benzene rings is 2. The lowest BCUT2D eigenvalue weighted by Crippen LogP contribution is -2.14. The fourth-order valence-corrected chi connectivity index (χ4v) is 3.43. The summed E-state index contributed by atoms with van der Waals surface area (Å²) in [5, 5.41) is 14.4. The van der Waals surface area contributed by atoms with Crippen LogP contribution in [-0.2, 0) is 23.1 Å². The molecule has 0 saturated heterocycles. The summed E-state index contributed by atoms with van der Waals surface area (Å²) >= 11 is 3.30. The molecule has 2 aromatic carbocycles. The van der Waals surface area contributed by atoms with Crippen molar-refractivity contribution in [1.82, 2.24) is 0 Å². The predicted octanol–water partition coefficient (Wildman–Crippen LogP) is 2.32. The van der Waals surface area contributed by atoms with Gasteiger partial charge in [-0.3, -0.25) is 4.79 Å². The molecule has 2 rings (SSSR count). The van der Waals surface area contributed by atoms with Crippen LogP contribution >= 0.6 is 15.9 Å². The summed E-state index contributed by atoms with van der Waals surface area (Å²) in [5.41, 5.74) is 2.33. The number of aryl methyl sites for hydroxylation is 1. The zero-order valence-corrected chi connectivity index (χ0v) is 14.8. The molecule has 0 atom stereocenters. The highest BCUT2D eigenvalue weighted by Crippen LogP contribution is 2.21. The Morgan fingerprint density at radius 1 is 1.22 bits per heavy atom. The molecule has 5 nitrogen and oxygen atoms in total. The van der Waals surface area contributed by atoms with Gasteiger partial charge in [-0.15, -0.1) is 0 Å². The monoisotopic (exact) mass is 397 g/mol. The number of carbonyl (C=O) groups excluding carboxylic acids is 1. The number of ketones is 1. The van der Waals surface area contributed by atoms with Crippen molar-refractivity contribution in [2.45, 2.75) is 24.8 Å². The molecule has 0 fully saturated rings. The van der Waals surface area contributed by atoms with Crippen molar-refractivity contribution in [2.24, 2.45) is 5.14 Å². The molecule has 0 saturated carbocycles. The van der Waals surface area contributed by atoms with E-state index in [0.29, 0.717) is 22.3 Å². The number of rotatable bonds is 5. The zero-order valence-electron chi connectivity index (χ0n) is 12.4. The molecular formula is C16H16BrNO4S. The first-order valence-electron chi connectivity index (χ1n) is 6.77. The molecule has 0 bridgehead atoms. The lowest BCUT2D eigenvalue weighted by Gasteiger charge is -2.08. The Balaban J connectivity index is 2.26. The van der Waals surface area contributed by atoms with E-state index in [0.717, 1.165) is 4.47 Å². The molecule has 2 aromatic rings. The second kappa shape index (κ2) is 6.92. The van der Waals surface area contributed by atoms with Crippen molar-refractivity contribution in [3.63, 3.8) is 0 Å². The van der Waals surface area contributed by atoms with Crippen molar-refractivity contribution in [3.05, 3.63) is 63.1 Å². The summed E-state index contributed by atoms with van der Waals surface area (Å²) in [6, 6.07) is 9.66. The SMILES string of the molecule is Cc1cc(CC(=O)c2ccc(Br)c(CO)c2)ccc1S(N)(=O)=O. The number of aliphatic hydroxyl groups excluding tert-OH is 1. The fourth-order valence-electron chi connectivity index (χ4n) is 2.30. The predicted molar refractivity (Wildman–Crippen MR) is 90.7 cm³/mol. The largest absolute Gasteiger partial charge is 0.392 e. The van der Waals surface area contributed by atoms with E-state index in [1.54, 1.807) is 37.3 Å². The van der Waals surface area contributed by atoms with E-state index in [9.17, 15) is 18.3 Å². The van der Waals surface area contributed by atoms with Crippen molar-refractivity contribution >= 4 is 31.7 Å². The van der Waals surface area contributed by atoms with Gasteiger partial charge in [0.25, 0.3) is 0 Å². The van der Waals surface area contributed by atoms with E-state index < -0.39 is 10.0 Å². The number of carbonyl (C=O) groups is 1. The number of primary sulfonamides is 1. The number of sulfonamides is 1. The first-order valence-corrected chi connectivity index (χ1v) is 9.11. The lowest BCUT2D eigenvalue weighted by molar-refractivity contribution is 0.0993. The van der Waals surface area contributed by atoms with Gasteiger partial charge < -0.3 is 5.11 Å². The molecule has 0 aromatic heterocycles. The van der Waals surface area contributed by atoms with E-state index in [4.69, 9.17) is 5.14 Å². The minimum Gasteiger partial charge on any atom is -0.392 e. The standard InChI is InChI=1S/C16H16BrNO4S/c1-10-6-11(2-5-16(10)23(18,21)22)7-15(20)12-3-4-14(17)13(8-12)9-19/h2-6,8,19H,7,9H2,1H3,(H2,18,21,22). The summed E-state index contributed by atoms with van der Waals surface area (Å²) < 4.78 is 23.5. The summed E-state index contributed by atoms with van der Waals surface area (Å²) in [7, 11) is -3.76. The molecule has 0 heterocycles. The average Bonchev–Trinajstić information content (AvgIpc) is 2.46. The van der Waals surface area contributed by atoms with Crippen molar-refractivity contribution in [3.8, 4) is 0 Å². The highest BCUT2D eigenvalue weighted by Gasteiger charge is 2.14. The molecule has 0 aliphatic carbocycles. The maximum atomic E-state index is 12.3. The molecule has 23 heavy (non-hydrogen) atoms. The lowest BCUT2D eigenvalue weighted by atomic mass is 10.0. The highest BCUT2D eigenvalue weighted by atomic mass is 79.9. The first kappa shape index (κ1) is 17.8. The van der Waals surface area contributed by atoms with Crippen LogP contribution in [0.5, 0.6) is 0 Å². The molecule has 0 amide bonds. The minimum atomic E-state index is -3.76. The molecule has 0 radical (unpaired) electrons. The normalized spacial score (nSPS) is 11.5. The Labute approximate surface area is 143 Å². The van der Waals surface area contributed by atoms with Gasteiger partial charge in [-0.1, -0.05) is 34.1 Å². The van der Waals surface area contributed by atoms with Gasteiger partial charge in [-0.25, -0.2) is 13.6 Å². The molecular weight excluding hydrogens is 382 g/mol. The van der Waals surface area contributed by atoms with Crippen LogP contribution in [0.1, 0.15) is 27.0 Å². The van der Waals surface area contributed by atoms with E-state index in [2.05, 4.69) is 15.9 Å². The number of hydrogen-bond donors (Lipinski definition) is 2. The van der Waals surface area contributed by atoms with Gasteiger partial charge in [0.2, 0.25) is 10.0 Å². The third kappa shape index (κ3) is 4.26. The van der Waals surface area contributed by atoms with E-state index >= 15 is 0 Å². The van der Waals surface area contributed by atoms with Crippen LogP contribution in [0, 0.1) is 6.92 Å². The Bertz CT molecular complexity index is 862. The van der Waals surface area contributed by atoms with Crippen LogP contribution in [-0.4, -0.2) is 19.3 Å². The number of aliphatic hydroxyl groups is 1. The van der Waals surface area contributed by atoms with Crippen LogP contribution in [0.15, 0.2) is 45.8 Å². The second-order valence-electron chi connectivity index (χ2n) is 5.21. The maximum absolute atomic E-state index is 12.3. The van der Waals surface area contributed by atoms with E-state index in [1.165, 1.54) is 6.07 Å². The van der Waals surface area contributed by atoms with Crippen LogP contribution in [0.4, 0.5) is 0 Å². The van der Waals surface area contributed by atoms with Gasteiger partial charge in [0.05, 0.1) is 11.5 Å². The van der Waals surface area contributed by atoms with Crippen molar-refractivity contribution in [1.29, 1.82) is 0 Å². The zero-order chi connectivity index (χ0) is 17.2. The third-order valence-corrected chi connectivity index (χ3v) is 5.29. The Hall–Kier alpha value is -1.54. The fraction of sp³-hybridized carbons (Fsp3) is 0.188. The summed E-state index contributed by atoms with van der Waals surface area (Å²) in [5.74, 6) is -0.116. The Morgan fingerprint density at radius 3 is 2.48 bits per heavy atom. The minimum absolute atomic E-state index is 0.0555. The molecule has 0 aliphatic rings. The van der Waals surface area contributed by atoms with E-state index in [1.807, 2.05) is 0 Å². The molecule has 0 spiro atoms. The van der Waals surface area contributed by atoms with Crippen LogP contribution in [0.2, 0.25) is 0 Å². The Kier molecular flexibility index (Phi) is 5.36. The van der Waals surface area contributed by atoms with Gasteiger partial charge in [0.1, 0.15) is 0 Å². The van der Waals surface area contributed by atoms with Crippen LogP contribution in [0.25, 0.3) is 0 Å². The number of hydrogen-bond acceptors (Lipinski definition) is 4. The third-order valence-electron chi connectivity index (χ3n) is 3.45. The molecule has 122 valence electrons. The highest BCUT2D eigenvalue weighted by molar-refractivity contribution is 9.10. The number of Topliss-reactive ketones (excluding diaryl/α,β-unsaturated/α-hetero) is 1. The van der Waals surface area contributed by atoms with Gasteiger partial charge in [0, 0.05) is 16.5 Å². The average molecular weight is 398 g/mol. The molecule has 0 unspecified atom stereocenters. The van der Waals surface area contributed by atoms with Crippen LogP contribution in [0.3, 0.4) is 0 Å². The first-order chi connectivity index (χ1) is 10.7. The number of nitrogens with two attached hydrogens (primary N) is 1. The topological polar surface area (TPSA) is 97.5 Å². The summed E-state index contributed by atoms with van der Waals surface area (Å²) in [6.07, 6.45) is 0.137. The smallest absolute Gasteiger partial charge is 0.238 e. The maximum Gasteiger partial charge on any atom is 0.238 e. The van der Waals surface area contributed by atoms with Gasteiger partial charge in [-0.2, -0.15) is 0 Å². The summed E-state index contributed by atoms with van der Waals surface area (Å²) in [4.78, 5) is 12.4. The number of halogens is 1. The molecule has 0 aliphatic heterocycles. The van der Waals surface area contributed by atoms with Gasteiger partial charge in [-0.05, 0) is 41.8 Å². The Morgan fingerprint density at radius 2 is 1.91 bits per heavy atom. The van der Waals surface area contributed by atoms with Crippen molar-refractivity contribution in [2.75, 3.05) is 0 Å². The van der Waals surface area contributed by atoms with Crippen molar-refractivity contribution < 1.29 is 18.3 Å². The summed E-state index contributed by atoms with van der Waals surface area (Å²) in [6.45, 7) is 1.47. The molecule has 3 N–H and O–H groups in total. The van der Waals surface area contributed by atoms with Crippen LogP contribution < -0.4 is 5.14 Å². The second-order valence-corrected chi connectivity index (χ2v) is 7.59.